The van der Waals surface area contributed by atoms with Crippen LogP contribution in [0.2, 0.25) is 0 Å². The minimum Gasteiger partial charge on any atom is -0.493 e. The van der Waals surface area contributed by atoms with Crippen LogP contribution in [0.25, 0.3) is 0 Å². The Bertz CT molecular complexity index is 492. The van der Waals surface area contributed by atoms with Gasteiger partial charge in [-0.3, -0.25) is 4.79 Å². The summed E-state index contributed by atoms with van der Waals surface area (Å²) in [6.07, 6.45) is 2.75. The number of ether oxygens (including phenoxy) is 2. The van der Waals surface area contributed by atoms with Gasteiger partial charge >= 0.3 is 0 Å². The Morgan fingerprint density at radius 2 is 2.11 bits per heavy atom. The molecule has 4 nitrogen and oxygen atoms in total. The van der Waals surface area contributed by atoms with Crippen LogP contribution in [0.4, 0.5) is 0 Å². The van der Waals surface area contributed by atoms with Crippen LogP contribution >= 0.6 is 0 Å². The number of benzene rings is 1. The fourth-order valence-electron chi connectivity index (χ4n) is 2.79. The van der Waals surface area contributed by atoms with E-state index in [-0.39, 0.29) is 5.91 Å². The zero-order valence-corrected chi connectivity index (χ0v) is 11.5. The Morgan fingerprint density at radius 3 is 2.89 bits per heavy atom. The van der Waals surface area contributed by atoms with Gasteiger partial charge in [0.2, 0.25) is 5.91 Å². The molecule has 0 radical (unpaired) electrons. The summed E-state index contributed by atoms with van der Waals surface area (Å²) in [4.78, 5) is 13.0. The first-order valence-electron chi connectivity index (χ1n) is 6.81. The fourth-order valence-corrected chi connectivity index (χ4v) is 2.79. The van der Waals surface area contributed by atoms with E-state index in [1.807, 2.05) is 7.05 Å². The second-order valence-electron chi connectivity index (χ2n) is 5.21. The van der Waals surface area contributed by atoms with Crippen molar-refractivity contribution < 1.29 is 14.3 Å². The topological polar surface area (TPSA) is 38.8 Å². The second kappa shape index (κ2) is 4.76. The average Bonchev–Trinajstić information content (AvgIpc) is 3.01. The highest BCUT2D eigenvalue weighted by atomic mass is 16.5. The van der Waals surface area contributed by atoms with E-state index in [2.05, 4.69) is 6.07 Å². The first-order chi connectivity index (χ1) is 9.16. The maximum atomic E-state index is 11.3. The van der Waals surface area contributed by atoms with E-state index in [9.17, 15) is 4.79 Å². The Balaban J connectivity index is 1.90. The molecular weight excluding hydrogens is 242 g/mol. The Labute approximate surface area is 113 Å². The van der Waals surface area contributed by atoms with Crippen molar-refractivity contribution in [3.05, 3.63) is 22.8 Å². The third kappa shape index (κ3) is 2.15. The second-order valence-corrected chi connectivity index (χ2v) is 5.21. The van der Waals surface area contributed by atoms with Crippen molar-refractivity contribution in [2.24, 2.45) is 0 Å². The summed E-state index contributed by atoms with van der Waals surface area (Å²) in [6, 6.07) is 2.13. The number of hydrogen-bond acceptors (Lipinski definition) is 3. The van der Waals surface area contributed by atoms with Gasteiger partial charge in [0.15, 0.2) is 0 Å². The molecule has 2 aliphatic heterocycles. The molecule has 0 unspecified atom stereocenters. The van der Waals surface area contributed by atoms with Crippen LogP contribution in [0.3, 0.4) is 0 Å². The molecule has 1 aromatic carbocycles. The van der Waals surface area contributed by atoms with Crippen LogP contribution < -0.4 is 9.47 Å². The maximum absolute atomic E-state index is 11.3. The number of carbonyl (C=O) groups excluding carboxylic acids is 1. The van der Waals surface area contributed by atoms with Gasteiger partial charge in [0.05, 0.1) is 13.2 Å². The molecule has 1 aromatic rings. The Hall–Kier alpha value is -1.71. The van der Waals surface area contributed by atoms with E-state index in [0.717, 1.165) is 50.5 Å². The van der Waals surface area contributed by atoms with Gasteiger partial charge in [0.1, 0.15) is 11.5 Å². The average molecular weight is 261 g/mol. The van der Waals surface area contributed by atoms with Crippen molar-refractivity contribution in [1.29, 1.82) is 0 Å². The number of likely N-dealkylation sites (N-methyl/N-ethyl adjacent to an activating group) is 1. The lowest BCUT2D eigenvalue weighted by atomic mass is 9.97. The zero-order valence-electron chi connectivity index (χ0n) is 11.5. The lowest BCUT2D eigenvalue weighted by Gasteiger charge is -2.17. The number of carbonyl (C=O) groups is 1. The van der Waals surface area contributed by atoms with E-state index in [0.29, 0.717) is 0 Å². The normalized spacial score (nSPS) is 15.5. The molecule has 0 saturated heterocycles. The van der Waals surface area contributed by atoms with Gasteiger partial charge in [-0.05, 0) is 12.5 Å². The fraction of sp³-hybridized carbons (Fsp3) is 0.533. The minimum absolute atomic E-state index is 0.0985. The zero-order chi connectivity index (χ0) is 13.4. The molecule has 2 aliphatic rings. The third-order valence-electron chi connectivity index (χ3n) is 3.99. The Kier molecular flexibility index (Phi) is 3.09. The standard InChI is InChI=1S/C15H19NO3/c1-10(17)16(2)6-3-13-12-5-8-18-14(12)9-11-4-7-19-15(11)13/h9H,3-8H2,1-2H3. The monoisotopic (exact) mass is 261 g/mol. The molecule has 19 heavy (non-hydrogen) atoms. The summed E-state index contributed by atoms with van der Waals surface area (Å²) in [5.74, 6) is 2.16. The van der Waals surface area contributed by atoms with Gasteiger partial charge in [-0.2, -0.15) is 0 Å². The summed E-state index contributed by atoms with van der Waals surface area (Å²) < 4.78 is 11.5. The van der Waals surface area contributed by atoms with Crippen molar-refractivity contribution in [3.63, 3.8) is 0 Å². The highest BCUT2D eigenvalue weighted by molar-refractivity contribution is 5.72. The summed E-state index contributed by atoms with van der Waals surface area (Å²) in [7, 11) is 1.84. The van der Waals surface area contributed by atoms with Crippen molar-refractivity contribution in [1.82, 2.24) is 4.90 Å². The molecule has 2 heterocycles. The molecule has 102 valence electrons. The highest BCUT2D eigenvalue weighted by Gasteiger charge is 2.26. The van der Waals surface area contributed by atoms with Crippen molar-refractivity contribution in [2.45, 2.75) is 26.2 Å². The van der Waals surface area contributed by atoms with E-state index in [1.165, 1.54) is 16.7 Å². The van der Waals surface area contributed by atoms with Gasteiger partial charge in [-0.1, -0.05) is 0 Å². The smallest absolute Gasteiger partial charge is 0.219 e. The van der Waals surface area contributed by atoms with Crippen LogP contribution in [0, 0.1) is 0 Å². The van der Waals surface area contributed by atoms with Gasteiger partial charge in [0, 0.05) is 50.0 Å². The molecule has 0 N–H and O–H groups in total. The van der Waals surface area contributed by atoms with Crippen molar-refractivity contribution in [3.8, 4) is 11.5 Å². The predicted molar refractivity (Wildman–Crippen MR) is 71.9 cm³/mol. The predicted octanol–water partition coefficient (Wildman–Crippen LogP) is 1.58. The molecule has 0 bridgehead atoms. The lowest BCUT2D eigenvalue weighted by Crippen LogP contribution is -2.26. The van der Waals surface area contributed by atoms with Crippen LogP contribution in [0.1, 0.15) is 23.6 Å². The van der Waals surface area contributed by atoms with E-state index in [1.54, 1.807) is 11.8 Å². The molecular formula is C15H19NO3. The number of hydrogen-bond donors (Lipinski definition) is 0. The minimum atomic E-state index is 0.0985. The van der Waals surface area contributed by atoms with E-state index in [4.69, 9.17) is 9.47 Å². The van der Waals surface area contributed by atoms with Crippen LogP contribution in [-0.2, 0) is 24.1 Å². The summed E-state index contributed by atoms with van der Waals surface area (Å²) >= 11 is 0. The number of nitrogens with zero attached hydrogens (tertiary/aromatic N) is 1. The van der Waals surface area contributed by atoms with E-state index >= 15 is 0 Å². The molecule has 3 rings (SSSR count). The molecule has 1 amide bonds. The quantitative estimate of drug-likeness (QED) is 0.829. The summed E-state index contributed by atoms with van der Waals surface area (Å²) in [5, 5.41) is 0. The molecule has 0 atom stereocenters. The Morgan fingerprint density at radius 1 is 1.32 bits per heavy atom. The summed E-state index contributed by atoms with van der Waals surface area (Å²) in [6.45, 7) is 3.84. The first kappa shape index (κ1) is 12.3. The maximum Gasteiger partial charge on any atom is 0.219 e. The van der Waals surface area contributed by atoms with Gasteiger partial charge < -0.3 is 14.4 Å². The van der Waals surface area contributed by atoms with Crippen LogP contribution in [-0.4, -0.2) is 37.6 Å². The molecule has 0 aliphatic carbocycles. The summed E-state index contributed by atoms with van der Waals surface area (Å²) in [5.41, 5.74) is 3.77. The van der Waals surface area contributed by atoms with Crippen LogP contribution in [0.15, 0.2) is 6.07 Å². The van der Waals surface area contributed by atoms with E-state index < -0.39 is 0 Å². The number of rotatable bonds is 3. The third-order valence-corrected chi connectivity index (χ3v) is 3.99. The van der Waals surface area contributed by atoms with Gasteiger partial charge in [-0.15, -0.1) is 0 Å². The first-order valence-corrected chi connectivity index (χ1v) is 6.81. The van der Waals surface area contributed by atoms with Gasteiger partial charge in [-0.25, -0.2) is 0 Å². The molecule has 0 fully saturated rings. The SMILES string of the molecule is CC(=O)N(C)CCc1c2c(cc3c1OCC3)OCC2. The van der Waals surface area contributed by atoms with Crippen molar-refractivity contribution in [2.75, 3.05) is 26.8 Å². The molecule has 0 aromatic heterocycles. The number of fused-ring (bicyclic) bond motifs is 2. The van der Waals surface area contributed by atoms with Crippen molar-refractivity contribution >= 4 is 5.91 Å². The van der Waals surface area contributed by atoms with Crippen LogP contribution in [0.5, 0.6) is 11.5 Å². The number of amides is 1. The molecule has 0 spiro atoms. The highest BCUT2D eigenvalue weighted by Crippen LogP contribution is 2.40. The lowest BCUT2D eigenvalue weighted by molar-refractivity contribution is -0.127. The largest absolute Gasteiger partial charge is 0.493 e. The molecule has 4 heteroatoms. The van der Waals surface area contributed by atoms with Gasteiger partial charge in [0.25, 0.3) is 0 Å². The molecule has 0 saturated carbocycles.